The molecular weight excluding hydrogens is 695 g/mol. The van der Waals surface area contributed by atoms with E-state index in [0.717, 1.165) is 77.8 Å². The number of para-hydroxylation sites is 4. The van der Waals surface area contributed by atoms with Crippen LogP contribution >= 0.6 is 0 Å². The zero-order valence-corrected chi connectivity index (χ0v) is 30.8. The molecule has 12 aromatic rings. The van der Waals surface area contributed by atoms with Crippen molar-refractivity contribution >= 4 is 65.6 Å². The third kappa shape index (κ3) is 4.84. The second-order valence-corrected chi connectivity index (χ2v) is 14.7. The predicted octanol–water partition coefficient (Wildman–Crippen LogP) is 14.2. The average molecular weight is 728 g/mol. The van der Waals surface area contributed by atoms with Crippen molar-refractivity contribution < 1.29 is 4.42 Å². The van der Waals surface area contributed by atoms with Crippen LogP contribution in [0.25, 0.3) is 111 Å². The number of aromatic nitrogens is 3. The van der Waals surface area contributed by atoms with Gasteiger partial charge >= 0.3 is 0 Å². The summed E-state index contributed by atoms with van der Waals surface area (Å²) in [5, 5.41) is 6.93. The topological polar surface area (TPSA) is 35.9 Å². The summed E-state index contributed by atoms with van der Waals surface area (Å²) in [6.45, 7) is 0. The van der Waals surface area contributed by atoms with E-state index >= 15 is 0 Å². The molecule has 4 heterocycles. The number of nitrogens with zero attached hydrogens (tertiary/aromatic N) is 3. The van der Waals surface area contributed by atoms with Crippen LogP contribution in [0.15, 0.2) is 205 Å². The van der Waals surface area contributed by atoms with E-state index in [2.05, 4.69) is 209 Å². The van der Waals surface area contributed by atoms with E-state index in [0.29, 0.717) is 0 Å². The Kier molecular flexibility index (Phi) is 6.89. The van der Waals surface area contributed by atoms with Crippen LogP contribution in [0, 0.1) is 0 Å². The lowest BCUT2D eigenvalue weighted by atomic mass is 9.99. The maximum absolute atomic E-state index is 6.71. The molecule has 0 fully saturated rings. The molecule has 0 aliphatic rings. The molecule has 0 amide bonds. The van der Waals surface area contributed by atoms with Gasteiger partial charge in [0, 0.05) is 43.7 Å². The van der Waals surface area contributed by atoms with Crippen LogP contribution in [-0.2, 0) is 0 Å². The van der Waals surface area contributed by atoms with Crippen LogP contribution in [0.2, 0.25) is 0 Å². The Balaban J connectivity index is 1.17. The first kappa shape index (κ1) is 31.6. The number of hydrogen-bond acceptors (Lipinski definition) is 2. The van der Waals surface area contributed by atoms with Crippen LogP contribution in [0.3, 0.4) is 0 Å². The monoisotopic (exact) mass is 727 g/mol. The van der Waals surface area contributed by atoms with Gasteiger partial charge in [-0.3, -0.25) is 4.57 Å². The molecule has 4 aromatic heterocycles. The fraction of sp³-hybridized carbons (Fsp3) is 0. The van der Waals surface area contributed by atoms with Gasteiger partial charge in [-0.05, 0) is 77.4 Å². The van der Waals surface area contributed by atoms with E-state index in [1.54, 1.807) is 0 Å². The van der Waals surface area contributed by atoms with Crippen molar-refractivity contribution in [1.82, 2.24) is 14.1 Å². The Morgan fingerprint density at radius 3 is 1.74 bits per heavy atom. The third-order valence-corrected chi connectivity index (χ3v) is 11.5. The fourth-order valence-corrected chi connectivity index (χ4v) is 9.00. The molecule has 4 heteroatoms. The highest BCUT2D eigenvalue weighted by Gasteiger charge is 2.22. The third-order valence-electron chi connectivity index (χ3n) is 11.5. The Morgan fingerprint density at radius 2 is 0.982 bits per heavy atom. The SMILES string of the molecule is c1ccc(-c2cc(-c3ccccc3)nc(-n3c4ccccc4c4ccc5oc6ccc(-c7cccc8c9ccccc9n(-c9ccccc9)c78)cc6c5c43)c2)cc1. The Hall–Kier alpha value is -7.69. The van der Waals surface area contributed by atoms with Gasteiger partial charge in [-0.25, -0.2) is 4.98 Å². The van der Waals surface area contributed by atoms with E-state index in [-0.39, 0.29) is 0 Å². The maximum atomic E-state index is 6.71. The van der Waals surface area contributed by atoms with Gasteiger partial charge in [-0.2, -0.15) is 0 Å². The molecule has 4 nitrogen and oxygen atoms in total. The van der Waals surface area contributed by atoms with Crippen molar-refractivity contribution in [3.8, 4) is 45.0 Å². The second kappa shape index (κ2) is 12.4. The summed E-state index contributed by atoms with van der Waals surface area (Å²) in [5.41, 5.74) is 13.9. The molecule has 8 aromatic carbocycles. The Morgan fingerprint density at radius 1 is 0.368 bits per heavy atom. The molecule has 0 radical (unpaired) electrons. The maximum Gasteiger partial charge on any atom is 0.138 e. The summed E-state index contributed by atoms with van der Waals surface area (Å²) in [4.78, 5) is 5.43. The van der Waals surface area contributed by atoms with Gasteiger partial charge in [-0.1, -0.05) is 140 Å². The van der Waals surface area contributed by atoms with Crippen molar-refractivity contribution in [3.63, 3.8) is 0 Å². The van der Waals surface area contributed by atoms with Crippen molar-refractivity contribution in [1.29, 1.82) is 0 Å². The zero-order valence-electron chi connectivity index (χ0n) is 30.8. The van der Waals surface area contributed by atoms with Crippen LogP contribution < -0.4 is 0 Å². The largest absolute Gasteiger partial charge is 0.456 e. The van der Waals surface area contributed by atoms with Crippen LogP contribution in [-0.4, -0.2) is 14.1 Å². The van der Waals surface area contributed by atoms with Crippen LogP contribution in [0.5, 0.6) is 0 Å². The zero-order chi connectivity index (χ0) is 37.5. The summed E-state index contributed by atoms with van der Waals surface area (Å²) in [7, 11) is 0. The van der Waals surface area contributed by atoms with E-state index in [1.165, 1.54) is 32.8 Å². The molecule has 12 rings (SSSR count). The molecule has 0 aliphatic heterocycles. The first-order valence-electron chi connectivity index (χ1n) is 19.4. The molecule has 0 spiro atoms. The summed E-state index contributed by atoms with van der Waals surface area (Å²) >= 11 is 0. The van der Waals surface area contributed by atoms with Gasteiger partial charge in [0.25, 0.3) is 0 Å². The number of fused-ring (bicyclic) bond motifs is 10. The van der Waals surface area contributed by atoms with E-state index < -0.39 is 0 Å². The molecule has 0 N–H and O–H groups in total. The highest BCUT2D eigenvalue weighted by atomic mass is 16.3. The number of furan rings is 1. The molecule has 0 bridgehead atoms. The summed E-state index contributed by atoms with van der Waals surface area (Å²) in [6.07, 6.45) is 0. The summed E-state index contributed by atoms with van der Waals surface area (Å²) in [5.74, 6) is 0.858. The van der Waals surface area contributed by atoms with Gasteiger partial charge in [0.15, 0.2) is 0 Å². The lowest BCUT2D eigenvalue weighted by Gasteiger charge is -2.13. The van der Waals surface area contributed by atoms with Gasteiger partial charge in [0.05, 0.1) is 33.1 Å². The first-order chi connectivity index (χ1) is 28.3. The number of benzene rings is 8. The smallest absolute Gasteiger partial charge is 0.138 e. The van der Waals surface area contributed by atoms with Crippen molar-refractivity contribution in [2.45, 2.75) is 0 Å². The minimum Gasteiger partial charge on any atom is -0.456 e. The highest BCUT2D eigenvalue weighted by Crippen LogP contribution is 2.44. The molecule has 0 aliphatic carbocycles. The van der Waals surface area contributed by atoms with Gasteiger partial charge in [-0.15, -0.1) is 0 Å². The standard InChI is InChI=1S/C53H33N3O/c1-4-15-34(16-5-1)37-32-45(35-17-6-2-7-18-35)54-50(33-37)56-47-26-13-11-22-41(47)43-28-30-49-51(53(43)56)44-31-36(27-29-48(44)57-49)39-23-14-24-42-40-21-10-12-25-46(40)55(52(39)42)38-19-8-3-9-20-38/h1-33H. The Labute approximate surface area is 328 Å². The number of pyridine rings is 1. The minimum atomic E-state index is 0.845. The van der Waals surface area contributed by atoms with E-state index in [1.807, 2.05) is 0 Å². The normalized spacial score (nSPS) is 11.9. The molecule has 0 saturated carbocycles. The average Bonchev–Trinajstić information content (AvgIpc) is 3.94. The summed E-state index contributed by atoms with van der Waals surface area (Å²) < 4.78 is 11.5. The molecule has 0 saturated heterocycles. The van der Waals surface area contributed by atoms with Crippen LogP contribution in [0.1, 0.15) is 0 Å². The minimum absolute atomic E-state index is 0.845. The fourth-order valence-electron chi connectivity index (χ4n) is 9.00. The van der Waals surface area contributed by atoms with Crippen molar-refractivity contribution in [3.05, 3.63) is 200 Å². The lowest BCUT2D eigenvalue weighted by Crippen LogP contribution is -2.00. The second-order valence-electron chi connectivity index (χ2n) is 14.7. The first-order valence-corrected chi connectivity index (χ1v) is 19.4. The number of hydrogen-bond donors (Lipinski definition) is 0. The molecular formula is C53H33N3O. The quantitative estimate of drug-likeness (QED) is 0.177. The van der Waals surface area contributed by atoms with E-state index in [9.17, 15) is 0 Å². The van der Waals surface area contributed by atoms with Crippen LogP contribution in [0.4, 0.5) is 0 Å². The highest BCUT2D eigenvalue weighted by molar-refractivity contribution is 6.25. The molecule has 0 unspecified atom stereocenters. The molecule has 57 heavy (non-hydrogen) atoms. The van der Waals surface area contributed by atoms with Gasteiger partial charge in [0.2, 0.25) is 0 Å². The lowest BCUT2D eigenvalue weighted by molar-refractivity contribution is 0.669. The molecule has 0 atom stereocenters. The number of rotatable bonds is 5. The van der Waals surface area contributed by atoms with Crippen molar-refractivity contribution in [2.75, 3.05) is 0 Å². The molecule has 266 valence electrons. The van der Waals surface area contributed by atoms with Gasteiger partial charge in [0.1, 0.15) is 17.0 Å². The van der Waals surface area contributed by atoms with Crippen molar-refractivity contribution in [2.24, 2.45) is 0 Å². The van der Waals surface area contributed by atoms with E-state index in [4.69, 9.17) is 9.40 Å². The van der Waals surface area contributed by atoms with Gasteiger partial charge < -0.3 is 8.98 Å². The Bertz CT molecular complexity index is 3440. The predicted molar refractivity (Wildman–Crippen MR) is 237 cm³/mol. The summed E-state index contributed by atoms with van der Waals surface area (Å²) in [6, 6.07) is 71.2.